The molecular weight excluding hydrogens is 372 g/mol. The molecule has 28 heavy (non-hydrogen) atoms. The van der Waals surface area contributed by atoms with E-state index in [4.69, 9.17) is 14.7 Å². The monoisotopic (exact) mass is 396 g/mol. The first-order chi connectivity index (χ1) is 13.8. The van der Waals surface area contributed by atoms with E-state index < -0.39 is 0 Å². The van der Waals surface area contributed by atoms with Crippen molar-refractivity contribution in [1.82, 2.24) is 14.4 Å². The zero-order valence-electron chi connectivity index (χ0n) is 15.8. The standard InChI is InChI=1S/C21H24N4O2S/c26-21-13-18(24-8-10-27-11-9-24)23-19-12-15(6-7-25(19)21)4-5-20-22-17(14-28-20)16-2-1-3-16/h6-7,12-14,16H,1-5,8-11H2. The molecule has 3 aromatic rings. The first kappa shape index (κ1) is 17.8. The van der Waals surface area contributed by atoms with E-state index in [1.807, 2.05) is 18.3 Å². The second kappa shape index (κ2) is 7.64. The van der Waals surface area contributed by atoms with Gasteiger partial charge in [-0.05, 0) is 37.0 Å². The van der Waals surface area contributed by atoms with Gasteiger partial charge in [0.1, 0.15) is 11.5 Å². The van der Waals surface area contributed by atoms with Gasteiger partial charge in [0, 0.05) is 43.1 Å². The van der Waals surface area contributed by atoms with Crippen molar-refractivity contribution in [2.24, 2.45) is 0 Å². The Labute approximate surface area is 167 Å². The summed E-state index contributed by atoms with van der Waals surface area (Å²) >= 11 is 1.77. The molecule has 0 atom stereocenters. The number of hydrogen-bond acceptors (Lipinski definition) is 6. The number of thiazole rings is 1. The number of morpholine rings is 1. The lowest BCUT2D eigenvalue weighted by Gasteiger charge is -2.27. The average molecular weight is 397 g/mol. The van der Waals surface area contributed by atoms with Crippen LogP contribution in [0.15, 0.2) is 34.6 Å². The summed E-state index contributed by atoms with van der Waals surface area (Å²) in [5.74, 6) is 1.44. The van der Waals surface area contributed by atoms with Crippen LogP contribution in [-0.4, -0.2) is 40.7 Å². The van der Waals surface area contributed by atoms with Gasteiger partial charge in [-0.15, -0.1) is 11.3 Å². The van der Waals surface area contributed by atoms with Gasteiger partial charge in [0.25, 0.3) is 5.56 Å². The highest BCUT2D eigenvalue weighted by molar-refractivity contribution is 7.09. The molecule has 3 aromatic heterocycles. The predicted octanol–water partition coefficient (Wildman–Crippen LogP) is 3.04. The number of aryl methyl sites for hydroxylation is 2. The van der Waals surface area contributed by atoms with Gasteiger partial charge in [0.05, 0.1) is 23.9 Å². The zero-order chi connectivity index (χ0) is 18.9. The van der Waals surface area contributed by atoms with Gasteiger partial charge in [0.15, 0.2) is 0 Å². The van der Waals surface area contributed by atoms with Crippen molar-refractivity contribution in [2.45, 2.75) is 38.0 Å². The van der Waals surface area contributed by atoms with Gasteiger partial charge < -0.3 is 9.64 Å². The number of nitrogens with zero attached hydrogens (tertiary/aromatic N) is 4. The van der Waals surface area contributed by atoms with Gasteiger partial charge >= 0.3 is 0 Å². The maximum Gasteiger partial charge on any atom is 0.259 e. The van der Waals surface area contributed by atoms with Gasteiger partial charge in [-0.2, -0.15) is 0 Å². The second-order valence-corrected chi connectivity index (χ2v) is 8.55. The van der Waals surface area contributed by atoms with Crippen LogP contribution in [-0.2, 0) is 17.6 Å². The molecule has 0 unspecified atom stereocenters. The number of hydrogen-bond donors (Lipinski definition) is 0. The Balaban J connectivity index is 1.34. The van der Waals surface area contributed by atoms with Crippen molar-refractivity contribution >= 4 is 22.8 Å². The first-order valence-electron chi connectivity index (χ1n) is 10.1. The van der Waals surface area contributed by atoms with Crippen LogP contribution >= 0.6 is 11.3 Å². The molecule has 5 rings (SSSR count). The Bertz CT molecular complexity index is 1030. The van der Waals surface area contributed by atoms with E-state index in [1.54, 1.807) is 21.8 Å². The largest absolute Gasteiger partial charge is 0.378 e. The molecule has 1 aliphatic carbocycles. The highest BCUT2D eigenvalue weighted by Gasteiger charge is 2.22. The molecule has 0 radical (unpaired) electrons. The fourth-order valence-corrected chi connectivity index (χ4v) is 4.70. The first-order valence-corrected chi connectivity index (χ1v) is 10.9. The molecule has 7 heteroatoms. The minimum absolute atomic E-state index is 0.0388. The summed E-state index contributed by atoms with van der Waals surface area (Å²) in [7, 11) is 0. The summed E-state index contributed by atoms with van der Waals surface area (Å²) < 4.78 is 7.02. The highest BCUT2D eigenvalue weighted by atomic mass is 32.1. The minimum Gasteiger partial charge on any atom is -0.378 e. The number of ether oxygens (including phenoxy) is 1. The molecule has 6 nitrogen and oxygen atoms in total. The SMILES string of the molecule is O=c1cc(N2CCOCC2)nc2cc(CCc3nc(C4CCC4)cs3)ccn12. The van der Waals surface area contributed by atoms with E-state index in [-0.39, 0.29) is 5.56 Å². The molecule has 2 aliphatic rings. The lowest BCUT2D eigenvalue weighted by atomic mass is 9.83. The van der Waals surface area contributed by atoms with E-state index >= 15 is 0 Å². The lowest BCUT2D eigenvalue weighted by molar-refractivity contribution is 0.122. The Morgan fingerprint density at radius 3 is 2.79 bits per heavy atom. The molecule has 0 aromatic carbocycles. The molecule has 0 bridgehead atoms. The summed E-state index contributed by atoms with van der Waals surface area (Å²) in [5, 5.41) is 3.43. The maximum atomic E-state index is 12.5. The predicted molar refractivity (Wildman–Crippen MR) is 111 cm³/mol. The van der Waals surface area contributed by atoms with Crippen LogP contribution in [0.25, 0.3) is 5.65 Å². The smallest absolute Gasteiger partial charge is 0.259 e. The molecule has 146 valence electrons. The quantitative estimate of drug-likeness (QED) is 0.663. The van der Waals surface area contributed by atoms with Crippen LogP contribution in [0.3, 0.4) is 0 Å². The van der Waals surface area contributed by atoms with Crippen LogP contribution in [0.2, 0.25) is 0 Å². The highest BCUT2D eigenvalue weighted by Crippen LogP contribution is 2.36. The molecule has 0 spiro atoms. The molecular formula is C21H24N4O2S. The average Bonchev–Trinajstić information content (AvgIpc) is 3.13. The molecule has 1 saturated carbocycles. The third kappa shape index (κ3) is 3.56. The normalized spacial score (nSPS) is 17.8. The Hall–Kier alpha value is -2.25. The third-order valence-corrected chi connectivity index (χ3v) is 6.70. The van der Waals surface area contributed by atoms with Crippen molar-refractivity contribution in [3.63, 3.8) is 0 Å². The van der Waals surface area contributed by atoms with E-state index in [9.17, 15) is 4.79 Å². The molecule has 0 amide bonds. The maximum absolute atomic E-state index is 12.5. The van der Waals surface area contributed by atoms with Crippen LogP contribution < -0.4 is 10.5 Å². The lowest BCUT2D eigenvalue weighted by Crippen LogP contribution is -2.37. The van der Waals surface area contributed by atoms with Gasteiger partial charge in [-0.25, -0.2) is 9.97 Å². The van der Waals surface area contributed by atoms with Gasteiger partial charge in [-0.3, -0.25) is 9.20 Å². The van der Waals surface area contributed by atoms with Crippen LogP contribution in [0.1, 0.15) is 41.4 Å². The number of fused-ring (bicyclic) bond motifs is 1. The molecule has 1 saturated heterocycles. The Kier molecular flexibility index (Phi) is 4.86. The fourth-order valence-electron chi connectivity index (χ4n) is 3.82. The Morgan fingerprint density at radius 2 is 2.00 bits per heavy atom. The summed E-state index contributed by atoms with van der Waals surface area (Å²) in [4.78, 5) is 24.2. The van der Waals surface area contributed by atoms with E-state index in [0.717, 1.165) is 31.7 Å². The molecule has 1 aliphatic heterocycles. The number of pyridine rings is 1. The van der Waals surface area contributed by atoms with E-state index in [2.05, 4.69) is 10.3 Å². The number of rotatable bonds is 5. The van der Waals surface area contributed by atoms with Crippen molar-refractivity contribution < 1.29 is 4.74 Å². The van der Waals surface area contributed by atoms with E-state index in [1.165, 1.54) is 35.5 Å². The molecule has 0 N–H and O–H groups in total. The van der Waals surface area contributed by atoms with Gasteiger partial charge in [0.2, 0.25) is 0 Å². The molecule has 4 heterocycles. The molecule has 2 fully saturated rings. The topological polar surface area (TPSA) is 59.7 Å². The summed E-state index contributed by atoms with van der Waals surface area (Å²) in [6, 6.07) is 5.67. The summed E-state index contributed by atoms with van der Waals surface area (Å²) in [6.45, 7) is 2.90. The second-order valence-electron chi connectivity index (χ2n) is 7.61. The zero-order valence-corrected chi connectivity index (χ0v) is 16.7. The van der Waals surface area contributed by atoms with Gasteiger partial charge in [-0.1, -0.05) is 6.42 Å². The van der Waals surface area contributed by atoms with E-state index in [0.29, 0.717) is 24.8 Å². The van der Waals surface area contributed by atoms with Crippen LogP contribution in [0.5, 0.6) is 0 Å². The van der Waals surface area contributed by atoms with Crippen molar-refractivity contribution in [3.8, 4) is 0 Å². The minimum atomic E-state index is -0.0388. The fraction of sp³-hybridized carbons (Fsp3) is 0.476. The van der Waals surface area contributed by atoms with Crippen LogP contribution in [0, 0.1) is 0 Å². The van der Waals surface area contributed by atoms with Crippen molar-refractivity contribution in [1.29, 1.82) is 0 Å². The number of aromatic nitrogens is 3. The Morgan fingerprint density at radius 1 is 1.14 bits per heavy atom. The van der Waals surface area contributed by atoms with Crippen LogP contribution in [0.4, 0.5) is 5.82 Å². The number of anilines is 1. The van der Waals surface area contributed by atoms with Crippen molar-refractivity contribution in [3.05, 3.63) is 56.4 Å². The third-order valence-electron chi connectivity index (χ3n) is 5.77. The summed E-state index contributed by atoms with van der Waals surface area (Å²) in [6.07, 6.45) is 7.60. The van der Waals surface area contributed by atoms with Crippen molar-refractivity contribution in [2.75, 3.05) is 31.2 Å². The summed E-state index contributed by atoms with van der Waals surface area (Å²) in [5.41, 5.74) is 3.14.